The first-order chi connectivity index (χ1) is 31.3. The molecule has 12 rings (SSSR count). The first-order valence-corrected chi connectivity index (χ1v) is 23.8. The van der Waals surface area contributed by atoms with Gasteiger partial charge in [-0.15, -0.1) is 0 Å². The summed E-state index contributed by atoms with van der Waals surface area (Å²) >= 11 is 0. The van der Waals surface area contributed by atoms with E-state index in [2.05, 4.69) is 264 Å². The highest BCUT2D eigenvalue weighted by molar-refractivity contribution is 7.20. The summed E-state index contributed by atoms with van der Waals surface area (Å²) in [7, 11) is -2.91. The molecule has 0 amide bonds. The molecule has 2 nitrogen and oxygen atoms in total. The van der Waals surface area contributed by atoms with Gasteiger partial charge in [-0.1, -0.05) is 212 Å². The second-order valence-corrected chi connectivity index (χ2v) is 20.2. The van der Waals surface area contributed by atoms with Crippen molar-refractivity contribution in [3.05, 3.63) is 255 Å². The Balaban J connectivity index is 1.13. The Bertz CT molecular complexity index is 3570. The standard InChI is InChI=1S/C60H42N2Si/c1-5-21-43(22-6-1)45-25-17-31-49(41-45)63(47-27-9-3-10-28-47,48-29-11-4-12-30-48)50-32-18-26-46(42-50)61-54-36-15-14-34-53(54)60-57(61)39-20-40-58(60)62-55-37-16-13-33-52(55)59-51(35-19-38-56(59)62)44-23-7-2-8-24-44/h1-42H. The van der Waals surface area contributed by atoms with Crippen molar-refractivity contribution in [1.82, 2.24) is 9.13 Å². The molecule has 0 unspecified atom stereocenters. The van der Waals surface area contributed by atoms with Crippen LogP contribution in [0.4, 0.5) is 0 Å². The van der Waals surface area contributed by atoms with Crippen LogP contribution in [0, 0.1) is 0 Å². The maximum Gasteiger partial charge on any atom is 0.179 e. The van der Waals surface area contributed by atoms with Gasteiger partial charge in [0, 0.05) is 27.2 Å². The van der Waals surface area contributed by atoms with Gasteiger partial charge >= 0.3 is 0 Å². The van der Waals surface area contributed by atoms with Crippen LogP contribution < -0.4 is 20.7 Å². The third-order valence-electron chi connectivity index (χ3n) is 13.1. The fourth-order valence-electron chi connectivity index (χ4n) is 10.4. The molecule has 0 saturated carbocycles. The first kappa shape index (κ1) is 36.8. The molecule has 63 heavy (non-hydrogen) atoms. The van der Waals surface area contributed by atoms with Crippen LogP contribution in [0.5, 0.6) is 0 Å². The largest absolute Gasteiger partial charge is 0.309 e. The van der Waals surface area contributed by atoms with Gasteiger partial charge in [-0.3, -0.25) is 0 Å². The maximum absolute atomic E-state index is 2.91. The van der Waals surface area contributed by atoms with E-state index in [1.54, 1.807) is 0 Å². The van der Waals surface area contributed by atoms with Crippen LogP contribution in [0.25, 0.3) is 77.2 Å². The van der Waals surface area contributed by atoms with Gasteiger partial charge in [-0.25, -0.2) is 0 Å². The molecule has 2 heterocycles. The SMILES string of the molecule is c1ccc(-c2cccc([Si](c3ccccc3)(c3ccccc3)c3cccc(-n4c5ccccc5c5c(-n6c7ccccc7c7c(-c8ccccc8)cccc76)cccc54)c3)c2)cc1. The van der Waals surface area contributed by atoms with Gasteiger partial charge in [-0.2, -0.15) is 0 Å². The molecule has 0 N–H and O–H groups in total. The van der Waals surface area contributed by atoms with Crippen LogP contribution in [0.1, 0.15) is 0 Å². The molecule has 0 atom stereocenters. The zero-order chi connectivity index (χ0) is 41.7. The highest BCUT2D eigenvalue weighted by atomic mass is 28.3. The highest BCUT2D eigenvalue weighted by Gasteiger charge is 2.42. The topological polar surface area (TPSA) is 9.86 Å². The number of aromatic nitrogens is 2. The van der Waals surface area contributed by atoms with Crippen LogP contribution in [-0.4, -0.2) is 17.2 Å². The van der Waals surface area contributed by atoms with Crippen LogP contribution >= 0.6 is 0 Å². The van der Waals surface area contributed by atoms with Crippen molar-refractivity contribution in [1.29, 1.82) is 0 Å². The van der Waals surface area contributed by atoms with Crippen molar-refractivity contribution in [2.24, 2.45) is 0 Å². The molecule has 296 valence electrons. The van der Waals surface area contributed by atoms with E-state index in [1.807, 2.05) is 0 Å². The van der Waals surface area contributed by atoms with E-state index in [4.69, 9.17) is 0 Å². The van der Waals surface area contributed by atoms with Crippen LogP contribution in [-0.2, 0) is 0 Å². The first-order valence-electron chi connectivity index (χ1n) is 21.8. The lowest BCUT2D eigenvalue weighted by atomic mass is 9.99. The molecule has 0 saturated heterocycles. The van der Waals surface area contributed by atoms with Crippen molar-refractivity contribution >= 4 is 72.4 Å². The third-order valence-corrected chi connectivity index (χ3v) is 17.8. The van der Waals surface area contributed by atoms with E-state index in [1.165, 1.54) is 92.3 Å². The normalized spacial score (nSPS) is 11.8. The number of para-hydroxylation sites is 2. The summed E-state index contributed by atoms with van der Waals surface area (Å²) in [5.41, 5.74) is 12.0. The van der Waals surface area contributed by atoms with Crippen molar-refractivity contribution in [3.63, 3.8) is 0 Å². The van der Waals surface area contributed by atoms with Crippen LogP contribution in [0.3, 0.4) is 0 Å². The zero-order valence-electron chi connectivity index (χ0n) is 34.6. The Morgan fingerprint density at radius 1 is 0.270 bits per heavy atom. The number of hydrogen-bond donors (Lipinski definition) is 0. The summed E-state index contributed by atoms with van der Waals surface area (Å²) in [5, 5.41) is 10.4. The predicted octanol–water partition coefficient (Wildman–Crippen LogP) is 12.6. The summed E-state index contributed by atoms with van der Waals surface area (Å²) in [4.78, 5) is 0. The smallest absolute Gasteiger partial charge is 0.179 e. The summed E-state index contributed by atoms with van der Waals surface area (Å²) in [6, 6.07) is 94.3. The summed E-state index contributed by atoms with van der Waals surface area (Å²) in [6.45, 7) is 0. The fraction of sp³-hybridized carbons (Fsp3) is 0. The molecule has 0 aliphatic heterocycles. The maximum atomic E-state index is 2.50. The zero-order valence-corrected chi connectivity index (χ0v) is 35.6. The molecule has 2 aromatic heterocycles. The molecular formula is C60H42N2Si. The molecule has 3 heteroatoms. The summed E-state index contributed by atoms with van der Waals surface area (Å²) in [6.07, 6.45) is 0. The minimum Gasteiger partial charge on any atom is -0.309 e. The lowest BCUT2D eigenvalue weighted by Gasteiger charge is -2.35. The van der Waals surface area contributed by atoms with Crippen molar-refractivity contribution in [2.45, 2.75) is 0 Å². The molecule has 0 aliphatic rings. The van der Waals surface area contributed by atoms with E-state index in [9.17, 15) is 0 Å². The lowest BCUT2D eigenvalue weighted by Crippen LogP contribution is -2.74. The Kier molecular flexibility index (Phi) is 8.87. The van der Waals surface area contributed by atoms with Gasteiger partial charge in [0.25, 0.3) is 0 Å². The summed E-state index contributed by atoms with van der Waals surface area (Å²) in [5.74, 6) is 0. The number of fused-ring (bicyclic) bond motifs is 6. The Morgan fingerprint density at radius 2 is 0.714 bits per heavy atom. The average Bonchev–Trinajstić information content (AvgIpc) is 3.89. The summed E-state index contributed by atoms with van der Waals surface area (Å²) < 4.78 is 4.99. The van der Waals surface area contributed by atoms with E-state index < -0.39 is 8.07 Å². The second kappa shape index (κ2) is 15.2. The van der Waals surface area contributed by atoms with E-state index >= 15 is 0 Å². The van der Waals surface area contributed by atoms with Gasteiger partial charge in [0.2, 0.25) is 0 Å². The molecule has 10 aromatic carbocycles. The Hall–Kier alpha value is -7.98. The molecule has 0 aliphatic carbocycles. The Labute approximate surface area is 368 Å². The van der Waals surface area contributed by atoms with Gasteiger partial charge in [0.15, 0.2) is 8.07 Å². The third kappa shape index (κ3) is 5.85. The monoisotopic (exact) mass is 818 g/mol. The fourth-order valence-corrected chi connectivity index (χ4v) is 15.2. The number of hydrogen-bond acceptors (Lipinski definition) is 0. The van der Waals surface area contributed by atoms with Crippen molar-refractivity contribution in [3.8, 4) is 33.6 Å². The van der Waals surface area contributed by atoms with Gasteiger partial charge in [0.1, 0.15) is 0 Å². The van der Waals surface area contributed by atoms with Crippen molar-refractivity contribution in [2.75, 3.05) is 0 Å². The molecule has 12 aromatic rings. The van der Waals surface area contributed by atoms with Crippen molar-refractivity contribution < 1.29 is 0 Å². The molecule has 0 fully saturated rings. The van der Waals surface area contributed by atoms with E-state index in [0.29, 0.717) is 0 Å². The van der Waals surface area contributed by atoms with E-state index in [0.717, 1.165) is 5.69 Å². The minimum absolute atomic E-state index is 1.15. The lowest BCUT2D eigenvalue weighted by molar-refractivity contribution is 1.17. The average molecular weight is 819 g/mol. The molecule has 0 spiro atoms. The second-order valence-electron chi connectivity index (χ2n) is 16.4. The highest BCUT2D eigenvalue weighted by Crippen LogP contribution is 2.42. The Morgan fingerprint density at radius 3 is 1.38 bits per heavy atom. The quantitative estimate of drug-likeness (QED) is 0.107. The number of nitrogens with zero attached hydrogens (tertiary/aromatic N) is 2. The van der Waals surface area contributed by atoms with Crippen LogP contribution in [0.15, 0.2) is 255 Å². The van der Waals surface area contributed by atoms with Gasteiger partial charge in [0.05, 0.1) is 27.8 Å². The molecule has 0 radical (unpaired) electrons. The predicted molar refractivity (Wildman–Crippen MR) is 270 cm³/mol. The molecular weight excluding hydrogens is 777 g/mol. The minimum atomic E-state index is -2.91. The van der Waals surface area contributed by atoms with Gasteiger partial charge < -0.3 is 9.13 Å². The molecule has 0 bridgehead atoms. The van der Waals surface area contributed by atoms with Crippen LogP contribution in [0.2, 0.25) is 0 Å². The van der Waals surface area contributed by atoms with Gasteiger partial charge in [-0.05, 0) is 85.5 Å². The van der Waals surface area contributed by atoms with E-state index in [-0.39, 0.29) is 0 Å². The number of benzene rings is 10. The number of rotatable bonds is 8.